The van der Waals surface area contributed by atoms with Crippen LogP contribution in [-0.2, 0) is 16.1 Å². The number of aryl methyl sites for hydroxylation is 1. The molecule has 2 aromatic carbocycles. The number of hydrogen-bond acceptors (Lipinski definition) is 8. The van der Waals surface area contributed by atoms with Crippen molar-refractivity contribution in [2.75, 3.05) is 24.3 Å². The second-order valence-corrected chi connectivity index (χ2v) is 10.5. The normalized spacial score (nSPS) is 14.5. The minimum absolute atomic E-state index is 0.348. The Morgan fingerprint density at radius 2 is 1.87 bits per heavy atom. The standard InChI is InChI=1S/C30H38N4O4S/c1-6-9-17-39-30-32-29-31-21(5)26(28(35)37-16-7-2)27(34(29)33-30)22-14-15-24(25(18-22)36-8-3)38-19-23-13-11-10-12-20(23)4/h10-15,18,27H,6-9,16-17,19H2,1-5H3,(H,31,32,33). The number of aromatic nitrogens is 3. The number of nitrogens with zero attached hydrogens (tertiary/aromatic N) is 3. The molecular formula is C30H38N4O4S. The van der Waals surface area contributed by atoms with Crippen LogP contribution in [-0.4, -0.2) is 39.7 Å². The Bertz CT molecular complexity index is 1320. The summed E-state index contributed by atoms with van der Waals surface area (Å²) in [5, 5.41) is 8.75. The monoisotopic (exact) mass is 550 g/mol. The molecule has 4 rings (SSSR count). The number of ether oxygens (including phenoxy) is 3. The summed E-state index contributed by atoms with van der Waals surface area (Å²) in [7, 11) is 0. The molecular weight excluding hydrogens is 512 g/mol. The highest BCUT2D eigenvalue weighted by Crippen LogP contribution is 2.40. The Hall–Kier alpha value is -3.46. The van der Waals surface area contributed by atoms with E-state index in [4.69, 9.17) is 24.3 Å². The predicted molar refractivity (Wildman–Crippen MR) is 154 cm³/mol. The van der Waals surface area contributed by atoms with E-state index in [9.17, 15) is 4.79 Å². The van der Waals surface area contributed by atoms with Crippen LogP contribution < -0.4 is 14.8 Å². The third-order valence-electron chi connectivity index (χ3n) is 6.45. The average molecular weight is 551 g/mol. The number of thioether (sulfide) groups is 1. The second-order valence-electron chi connectivity index (χ2n) is 9.42. The average Bonchev–Trinajstić information content (AvgIpc) is 3.33. The number of fused-ring (bicyclic) bond motifs is 1. The van der Waals surface area contributed by atoms with Gasteiger partial charge in [-0.2, -0.15) is 4.98 Å². The molecule has 0 aliphatic carbocycles. The van der Waals surface area contributed by atoms with Gasteiger partial charge in [0.1, 0.15) is 12.6 Å². The van der Waals surface area contributed by atoms with Crippen LogP contribution >= 0.6 is 11.8 Å². The summed E-state index contributed by atoms with van der Waals surface area (Å²) in [4.78, 5) is 18.0. The molecule has 0 fully saturated rings. The van der Waals surface area contributed by atoms with Crippen molar-refractivity contribution in [3.05, 3.63) is 70.4 Å². The summed E-state index contributed by atoms with van der Waals surface area (Å²) < 4.78 is 19.6. The fourth-order valence-electron chi connectivity index (χ4n) is 4.36. The number of hydrogen-bond donors (Lipinski definition) is 1. The molecule has 8 nitrogen and oxygen atoms in total. The smallest absolute Gasteiger partial charge is 0.338 e. The van der Waals surface area contributed by atoms with Crippen molar-refractivity contribution in [1.82, 2.24) is 14.8 Å². The highest BCUT2D eigenvalue weighted by atomic mass is 32.2. The van der Waals surface area contributed by atoms with Gasteiger partial charge in [-0.15, -0.1) is 5.10 Å². The molecule has 0 saturated heterocycles. The Morgan fingerprint density at radius 3 is 2.62 bits per heavy atom. The number of unbranched alkanes of at least 4 members (excludes halogenated alkanes) is 1. The van der Waals surface area contributed by atoms with Gasteiger partial charge >= 0.3 is 5.97 Å². The van der Waals surface area contributed by atoms with E-state index in [1.54, 1.807) is 16.4 Å². The lowest BCUT2D eigenvalue weighted by atomic mass is 9.95. The van der Waals surface area contributed by atoms with Gasteiger partial charge in [-0.05, 0) is 62.4 Å². The van der Waals surface area contributed by atoms with Gasteiger partial charge in [-0.1, -0.05) is 62.4 Å². The molecule has 0 amide bonds. The first kappa shape index (κ1) is 28.5. The molecule has 0 spiro atoms. The lowest BCUT2D eigenvalue weighted by molar-refractivity contribution is -0.139. The van der Waals surface area contributed by atoms with Gasteiger partial charge in [0, 0.05) is 11.4 Å². The van der Waals surface area contributed by atoms with Crippen LogP contribution in [0.5, 0.6) is 11.5 Å². The number of allylic oxidation sites excluding steroid dienone is 1. The highest BCUT2D eigenvalue weighted by molar-refractivity contribution is 7.99. The van der Waals surface area contributed by atoms with Crippen molar-refractivity contribution in [3.8, 4) is 11.5 Å². The molecule has 2 heterocycles. The molecule has 1 aromatic heterocycles. The van der Waals surface area contributed by atoms with Gasteiger partial charge < -0.3 is 19.5 Å². The minimum Gasteiger partial charge on any atom is -0.490 e. The maximum atomic E-state index is 13.3. The van der Waals surface area contributed by atoms with Crippen molar-refractivity contribution in [1.29, 1.82) is 0 Å². The summed E-state index contributed by atoms with van der Waals surface area (Å²) in [5.74, 6) is 2.42. The quantitative estimate of drug-likeness (QED) is 0.143. The minimum atomic E-state index is -0.525. The van der Waals surface area contributed by atoms with Crippen molar-refractivity contribution in [3.63, 3.8) is 0 Å². The van der Waals surface area contributed by atoms with Crippen molar-refractivity contribution >= 4 is 23.7 Å². The molecule has 1 atom stereocenters. The predicted octanol–water partition coefficient (Wildman–Crippen LogP) is 6.70. The Labute approximate surface area is 235 Å². The van der Waals surface area contributed by atoms with E-state index >= 15 is 0 Å². The van der Waals surface area contributed by atoms with E-state index in [0.717, 1.165) is 36.1 Å². The first-order chi connectivity index (χ1) is 19.0. The third-order valence-corrected chi connectivity index (χ3v) is 7.37. The number of nitrogens with one attached hydrogen (secondary N) is 1. The zero-order chi connectivity index (χ0) is 27.8. The zero-order valence-electron chi connectivity index (χ0n) is 23.5. The summed E-state index contributed by atoms with van der Waals surface area (Å²) in [6.07, 6.45) is 2.93. The number of benzene rings is 2. The Morgan fingerprint density at radius 1 is 1.05 bits per heavy atom. The van der Waals surface area contributed by atoms with Crippen LogP contribution in [0.25, 0.3) is 0 Å². The van der Waals surface area contributed by atoms with Gasteiger partial charge in [0.15, 0.2) is 11.5 Å². The lowest BCUT2D eigenvalue weighted by Crippen LogP contribution is -2.29. The maximum Gasteiger partial charge on any atom is 0.338 e. The van der Waals surface area contributed by atoms with E-state index in [1.807, 2.05) is 51.1 Å². The van der Waals surface area contributed by atoms with E-state index in [0.29, 0.717) is 53.7 Å². The Kier molecular flexibility index (Phi) is 9.92. The van der Waals surface area contributed by atoms with Gasteiger partial charge in [-0.3, -0.25) is 0 Å². The zero-order valence-corrected chi connectivity index (χ0v) is 24.3. The number of esters is 1. The van der Waals surface area contributed by atoms with Crippen LogP contribution in [0.15, 0.2) is 58.9 Å². The number of anilines is 1. The molecule has 3 aromatic rings. The number of carbonyl (C=O) groups is 1. The van der Waals surface area contributed by atoms with E-state index in [2.05, 4.69) is 31.3 Å². The van der Waals surface area contributed by atoms with Crippen molar-refractivity contribution in [2.24, 2.45) is 0 Å². The number of carbonyl (C=O) groups excluding carboxylic acids is 1. The molecule has 1 N–H and O–H groups in total. The van der Waals surface area contributed by atoms with Crippen LogP contribution in [0, 0.1) is 6.92 Å². The van der Waals surface area contributed by atoms with Gasteiger partial charge in [0.2, 0.25) is 11.1 Å². The molecule has 39 heavy (non-hydrogen) atoms. The fraction of sp³-hybridized carbons (Fsp3) is 0.433. The van der Waals surface area contributed by atoms with Gasteiger partial charge in [0.25, 0.3) is 0 Å². The third kappa shape index (κ3) is 6.76. The highest BCUT2D eigenvalue weighted by Gasteiger charge is 2.35. The van der Waals surface area contributed by atoms with E-state index < -0.39 is 6.04 Å². The molecule has 0 radical (unpaired) electrons. The van der Waals surface area contributed by atoms with Crippen molar-refractivity contribution in [2.45, 2.75) is 71.7 Å². The molecule has 0 saturated carbocycles. The van der Waals surface area contributed by atoms with Crippen LogP contribution in [0.4, 0.5) is 5.95 Å². The SMILES string of the molecule is CCCCSc1nc2n(n1)C(c1ccc(OCc3ccccc3C)c(OCC)c1)C(C(=O)OCCC)=C(C)N2. The summed E-state index contributed by atoms with van der Waals surface area (Å²) in [6, 6.07) is 13.4. The Balaban J connectivity index is 1.71. The van der Waals surface area contributed by atoms with Gasteiger partial charge in [0.05, 0.1) is 18.8 Å². The van der Waals surface area contributed by atoms with E-state index in [-0.39, 0.29) is 5.97 Å². The second kappa shape index (κ2) is 13.6. The molecule has 1 aliphatic heterocycles. The maximum absolute atomic E-state index is 13.3. The summed E-state index contributed by atoms with van der Waals surface area (Å²) in [6.45, 7) is 11.3. The van der Waals surface area contributed by atoms with Crippen molar-refractivity contribution < 1.29 is 19.0 Å². The van der Waals surface area contributed by atoms with Crippen LogP contribution in [0.3, 0.4) is 0 Å². The van der Waals surface area contributed by atoms with Crippen LogP contribution in [0.2, 0.25) is 0 Å². The number of rotatable bonds is 13. The molecule has 208 valence electrons. The molecule has 1 unspecified atom stereocenters. The summed E-state index contributed by atoms with van der Waals surface area (Å²) >= 11 is 1.62. The lowest BCUT2D eigenvalue weighted by Gasteiger charge is -2.28. The topological polar surface area (TPSA) is 87.5 Å². The largest absolute Gasteiger partial charge is 0.490 e. The first-order valence-electron chi connectivity index (χ1n) is 13.6. The molecule has 9 heteroatoms. The molecule has 0 bridgehead atoms. The first-order valence-corrected chi connectivity index (χ1v) is 14.6. The fourth-order valence-corrected chi connectivity index (χ4v) is 5.27. The van der Waals surface area contributed by atoms with E-state index in [1.165, 1.54) is 5.56 Å². The molecule has 1 aliphatic rings. The van der Waals surface area contributed by atoms with Gasteiger partial charge in [-0.25, -0.2) is 9.48 Å². The van der Waals surface area contributed by atoms with Crippen LogP contribution in [0.1, 0.15) is 69.7 Å². The summed E-state index contributed by atoms with van der Waals surface area (Å²) in [5.41, 5.74) is 4.32.